The molecular weight excluding hydrogens is 711 g/mol. The molecule has 5 atom stereocenters. The van der Waals surface area contributed by atoms with Gasteiger partial charge in [-0.25, -0.2) is 4.79 Å². The summed E-state index contributed by atoms with van der Waals surface area (Å²) in [6, 6.07) is -3.89. The summed E-state index contributed by atoms with van der Waals surface area (Å²) in [7, 11) is 0. The molecule has 0 bridgehead atoms. The van der Waals surface area contributed by atoms with Gasteiger partial charge in [-0.3, -0.25) is 28.8 Å². The number of amides is 5. The Balaban J connectivity index is 1.49. The van der Waals surface area contributed by atoms with Gasteiger partial charge < -0.3 is 26.2 Å². The molecule has 1 aliphatic heterocycles. The molecular formula is C44H69N5O7. The van der Waals surface area contributed by atoms with Crippen LogP contribution in [0.25, 0.3) is 0 Å². The molecule has 0 aromatic heterocycles. The van der Waals surface area contributed by atoms with Gasteiger partial charge in [0.15, 0.2) is 0 Å². The zero-order valence-corrected chi connectivity index (χ0v) is 35.3. The first-order valence-electron chi connectivity index (χ1n) is 21.0. The van der Waals surface area contributed by atoms with Crippen LogP contribution in [0.4, 0.5) is 4.79 Å². The number of urea groups is 1. The van der Waals surface area contributed by atoms with Crippen LogP contribution in [-0.4, -0.2) is 83.3 Å². The topological polar surface area (TPSA) is 171 Å². The normalized spacial score (nSPS) is 23.7. The molecule has 2 unspecified atom stereocenters. The van der Waals surface area contributed by atoms with Crippen LogP contribution in [-0.2, 0) is 28.8 Å². The van der Waals surface area contributed by atoms with Gasteiger partial charge in [-0.1, -0.05) is 98.8 Å². The molecule has 1 heterocycles. The maximum Gasteiger partial charge on any atom is 0.315 e. The van der Waals surface area contributed by atoms with E-state index in [1.165, 1.54) is 11.0 Å². The predicted octanol–water partition coefficient (Wildman–Crippen LogP) is 5.73. The van der Waals surface area contributed by atoms with E-state index in [1.807, 2.05) is 61.5 Å². The quantitative estimate of drug-likeness (QED) is 0.121. The standard InChI is InChI=1S/C44H69N5O7/c1-10-19-45-39(54)36(52)32(21-28-13-14-28)46-38(53)33-22-29(20-27(2)3)26-49(33)40(55)37(43(7,8)9)48-41(56)47-35(42(4,5)6)16-15-30-23-31(50)24-44(25-34(30)51)17-11-12-18-44/h10,20,27-28,30,32-33,35,37H,1,11-19,21-26H2,2-9H3,(H,45,54)(H,46,53)(H2,47,48,56)/b29-20+/t30?,32?,33-,35+,37+/m0/s1. The van der Waals surface area contributed by atoms with Crippen molar-refractivity contribution in [2.75, 3.05) is 13.1 Å². The third-order valence-electron chi connectivity index (χ3n) is 12.1. The van der Waals surface area contributed by atoms with Crippen LogP contribution in [0, 0.1) is 34.0 Å². The van der Waals surface area contributed by atoms with Crippen LogP contribution < -0.4 is 21.3 Å². The van der Waals surface area contributed by atoms with Crippen molar-refractivity contribution < 1.29 is 33.6 Å². The molecule has 0 aromatic rings. The van der Waals surface area contributed by atoms with E-state index < -0.39 is 58.5 Å². The number of carbonyl (C=O) groups excluding carboxylic acids is 7. The summed E-state index contributed by atoms with van der Waals surface area (Å²) in [5.74, 6) is -2.12. The van der Waals surface area contributed by atoms with E-state index in [0.29, 0.717) is 32.1 Å². The molecule has 12 nitrogen and oxygen atoms in total. The van der Waals surface area contributed by atoms with Crippen LogP contribution in [0.3, 0.4) is 0 Å². The van der Waals surface area contributed by atoms with Gasteiger partial charge in [0.25, 0.3) is 5.91 Å². The highest BCUT2D eigenvalue weighted by Crippen LogP contribution is 2.47. The molecule has 56 heavy (non-hydrogen) atoms. The number of allylic oxidation sites excluding steroid dienone is 1. The second kappa shape index (κ2) is 18.6. The molecule has 4 rings (SSSR count). The van der Waals surface area contributed by atoms with Gasteiger partial charge in [-0.15, -0.1) is 6.58 Å². The third kappa shape index (κ3) is 12.3. The Labute approximate surface area is 334 Å². The first kappa shape index (κ1) is 44.9. The molecule has 4 N–H and O–H groups in total. The number of nitrogens with one attached hydrogen (secondary N) is 4. The lowest BCUT2D eigenvalue weighted by molar-refractivity contribution is -0.143. The van der Waals surface area contributed by atoms with Crippen molar-refractivity contribution in [3.05, 3.63) is 24.3 Å². The Morgan fingerprint density at radius 3 is 2.14 bits per heavy atom. The molecule has 3 aliphatic carbocycles. The highest BCUT2D eigenvalue weighted by Gasteiger charge is 2.46. The zero-order chi connectivity index (χ0) is 41.6. The SMILES string of the molecule is C=CCNC(=O)C(=O)C(CC1CC1)NC(=O)[C@@H]1C/C(=C\C(C)C)CN1C(=O)[C@@H](NC(=O)N[C@H](CCC1CC(=O)CC2(CCCC2)CC1=O)C(C)(C)C)C(C)(C)C. The van der Waals surface area contributed by atoms with Gasteiger partial charge in [0, 0.05) is 44.3 Å². The van der Waals surface area contributed by atoms with Gasteiger partial charge in [0.2, 0.25) is 17.6 Å². The molecule has 0 aromatic carbocycles. The highest BCUT2D eigenvalue weighted by molar-refractivity contribution is 6.38. The van der Waals surface area contributed by atoms with Gasteiger partial charge in [0.05, 0.1) is 6.04 Å². The second-order valence-corrected chi connectivity index (χ2v) is 19.7. The van der Waals surface area contributed by atoms with Gasteiger partial charge in [0.1, 0.15) is 23.7 Å². The number of carbonyl (C=O) groups is 7. The largest absolute Gasteiger partial charge is 0.346 e. The van der Waals surface area contributed by atoms with Crippen LogP contribution >= 0.6 is 0 Å². The van der Waals surface area contributed by atoms with Gasteiger partial charge in [-0.2, -0.15) is 0 Å². The van der Waals surface area contributed by atoms with Gasteiger partial charge >= 0.3 is 6.03 Å². The van der Waals surface area contributed by atoms with Crippen LogP contribution in [0.1, 0.15) is 139 Å². The Hall–Kier alpha value is -3.83. The minimum Gasteiger partial charge on any atom is -0.346 e. The van der Waals surface area contributed by atoms with Crippen molar-refractivity contribution in [2.24, 2.45) is 34.0 Å². The summed E-state index contributed by atoms with van der Waals surface area (Å²) in [4.78, 5) is 96.3. The molecule has 312 valence electrons. The predicted molar refractivity (Wildman–Crippen MR) is 216 cm³/mol. The highest BCUT2D eigenvalue weighted by atomic mass is 16.2. The molecule has 0 radical (unpaired) electrons. The summed E-state index contributed by atoms with van der Waals surface area (Å²) in [6.07, 6.45) is 12.1. The van der Waals surface area contributed by atoms with Crippen molar-refractivity contribution in [1.29, 1.82) is 0 Å². The monoisotopic (exact) mass is 780 g/mol. The first-order chi connectivity index (χ1) is 26.1. The van der Waals surface area contributed by atoms with Crippen LogP contribution in [0.5, 0.6) is 0 Å². The van der Waals surface area contributed by atoms with Crippen molar-refractivity contribution in [3.8, 4) is 0 Å². The number of hydrogen-bond acceptors (Lipinski definition) is 7. The lowest BCUT2D eigenvalue weighted by atomic mass is 9.77. The van der Waals surface area contributed by atoms with Crippen LogP contribution in [0.2, 0.25) is 0 Å². The number of hydrogen-bond donors (Lipinski definition) is 4. The van der Waals surface area contributed by atoms with Crippen molar-refractivity contribution >= 4 is 41.1 Å². The van der Waals surface area contributed by atoms with E-state index in [9.17, 15) is 33.6 Å². The number of rotatable bonds is 15. The maximum atomic E-state index is 14.6. The Morgan fingerprint density at radius 2 is 1.57 bits per heavy atom. The lowest BCUT2D eigenvalue weighted by Gasteiger charge is -2.37. The average Bonchev–Trinajstić information content (AvgIpc) is 3.67. The minimum absolute atomic E-state index is 0.121. The number of ketones is 3. The average molecular weight is 780 g/mol. The molecule has 12 heteroatoms. The van der Waals surface area contributed by atoms with E-state index in [2.05, 4.69) is 27.8 Å². The number of likely N-dealkylation sites (tertiary alicyclic amines) is 1. The fourth-order valence-corrected chi connectivity index (χ4v) is 8.84. The third-order valence-corrected chi connectivity index (χ3v) is 12.1. The first-order valence-corrected chi connectivity index (χ1v) is 21.0. The maximum absolute atomic E-state index is 14.6. The van der Waals surface area contributed by atoms with E-state index in [4.69, 9.17) is 0 Å². The summed E-state index contributed by atoms with van der Waals surface area (Å²) < 4.78 is 0. The van der Waals surface area contributed by atoms with Gasteiger partial charge in [-0.05, 0) is 66.6 Å². The molecule has 4 fully saturated rings. The van der Waals surface area contributed by atoms with Crippen molar-refractivity contribution in [1.82, 2.24) is 26.2 Å². The molecule has 3 saturated carbocycles. The molecule has 1 spiro atoms. The molecule has 5 amide bonds. The fraction of sp³-hybridized carbons (Fsp3) is 0.750. The van der Waals surface area contributed by atoms with Crippen LogP contribution in [0.15, 0.2) is 24.3 Å². The molecule has 4 aliphatic rings. The zero-order valence-electron chi connectivity index (χ0n) is 35.3. The van der Waals surface area contributed by atoms with E-state index in [1.54, 1.807) is 0 Å². The second-order valence-electron chi connectivity index (χ2n) is 19.7. The summed E-state index contributed by atoms with van der Waals surface area (Å²) in [5, 5.41) is 11.4. The Bertz CT molecular complexity index is 1540. The summed E-state index contributed by atoms with van der Waals surface area (Å²) >= 11 is 0. The minimum atomic E-state index is -1.03. The number of nitrogens with zero attached hydrogens (tertiary/aromatic N) is 1. The smallest absolute Gasteiger partial charge is 0.315 e. The van der Waals surface area contributed by atoms with Crippen molar-refractivity contribution in [2.45, 2.75) is 163 Å². The van der Waals surface area contributed by atoms with E-state index >= 15 is 0 Å². The van der Waals surface area contributed by atoms with E-state index in [-0.39, 0.29) is 66.7 Å². The summed E-state index contributed by atoms with van der Waals surface area (Å²) in [5.41, 5.74) is -0.419. The summed E-state index contributed by atoms with van der Waals surface area (Å²) in [6.45, 7) is 19.5. The lowest BCUT2D eigenvalue weighted by Crippen LogP contribution is -2.61. The number of Topliss-reactive ketones (excluding diaryl/α,β-unsaturated/α-hetero) is 3. The Morgan fingerprint density at radius 1 is 0.911 bits per heavy atom. The fourth-order valence-electron chi connectivity index (χ4n) is 8.84. The van der Waals surface area contributed by atoms with E-state index in [0.717, 1.165) is 44.1 Å². The molecule has 1 saturated heterocycles. The Kier molecular flexibility index (Phi) is 14.9. The van der Waals surface area contributed by atoms with Crippen molar-refractivity contribution in [3.63, 3.8) is 0 Å².